The van der Waals surface area contributed by atoms with Gasteiger partial charge < -0.3 is 4.84 Å². The molecule has 131 valence electrons. The molecule has 1 fully saturated rings. The average molecular weight is 342 g/mol. The third kappa shape index (κ3) is 4.88. The molecule has 1 saturated carbocycles. The highest BCUT2D eigenvalue weighted by Gasteiger charge is 2.17. The Hall–Kier alpha value is -2.23. The summed E-state index contributed by atoms with van der Waals surface area (Å²) in [5, 5.41) is 3.95. The molecule has 0 heterocycles. The number of nitrogens with zero attached hydrogens (tertiary/aromatic N) is 1. The maximum atomic E-state index is 12.5. The zero-order valence-electron chi connectivity index (χ0n) is 14.1. The molecule has 0 unspecified atom stereocenters. The normalized spacial score (nSPS) is 15.8. The molecule has 1 aliphatic carbocycles. The standard InChI is InChI=1S/C21H22F2NO/c22-21(23)18-12-10-16(11-13-18)15-25-24-14-19-8-4-5-9-20(19)17-6-2-1-3-7-17/h4-5,8-13,17,21H,1-3,6-7,15H2. The van der Waals surface area contributed by atoms with Crippen LogP contribution in [0, 0.1) is 0 Å². The molecular weight excluding hydrogens is 320 g/mol. The van der Waals surface area contributed by atoms with Crippen molar-refractivity contribution in [3.05, 3.63) is 70.8 Å². The Balaban J connectivity index is 1.59. The number of benzene rings is 2. The van der Waals surface area contributed by atoms with Crippen molar-refractivity contribution in [2.24, 2.45) is 5.16 Å². The summed E-state index contributed by atoms with van der Waals surface area (Å²) in [4.78, 5) is 5.29. The summed E-state index contributed by atoms with van der Waals surface area (Å²) in [6.07, 6.45) is 6.86. The molecule has 1 radical (unpaired) electrons. The second kappa shape index (κ2) is 8.75. The van der Waals surface area contributed by atoms with Crippen LogP contribution in [-0.2, 0) is 11.4 Å². The van der Waals surface area contributed by atoms with Gasteiger partial charge in [-0.1, -0.05) is 72.9 Å². The van der Waals surface area contributed by atoms with Crippen LogP contribution in [0.15, 0.2) is 53.7 Å². The van der Waals surface area contributed by atoms with E-state index in [1.807, 2.05) is 12.1 Å². The van der Waals surface area contributed by atoms with Crippen LogP contribution in [0.2, 0.25) is 0 Å². The van der Waals surface area contributed by atoms with Crippen molar-refractivity contribution in [1.29, 1.82) is 0 Å². The molecule has 2 aromatic rings. The van der Waals surface area contributed by atoms with Crippen LogP contribution in [-0.4, -0.2) is 6.21 Å². The average Bonchev–Trinajstić information content (AvgIpc) is 2.66. The van der Waals surface area contributed by atoms with E-state index < -0.39 is 6.43 Å². The van der Waals surface area contributed by atoms with E-state index in [4.69, 9.17) is 4.84 Å². The number of halogens is 2. The summed E-state index contributed by atoms with van der Waals surface area (Å²) in [7, 11) is 0. The Morgan fingerprint density at radius 3 is 2.44 bits per heavy atom. The zero-order chi connectivity index (χ0) is 17.5. The minimum atomic E-state index is -2.45. The van der Waals surface area contributed by atoms with E-state index in [-0.39, 0.29) is 12.2 Å². The molecule has 1 aliphatic rings. The molecule has 0 atom stereocenters. The highest BCUT2D eigenvalue weighted by molar-refractivity contribution is 5.81. The number of hydrogen-bond donors (Lipinski definition) is 0. The van der Waals surface area contributed by atoms with Crippen LogP contribution in [0.25, 0.3) is 0 Å². The summed E-state index contributed by atoms with van der Waals surface area (Å²) >= 11 is 0. The molecule has 3 rings (SSSR count). The summed E-state index contributed by atoms with van der Waals surface area (Å²) in [5.41, 5.74) is 3.08. The van der Waals surface area contributed by atoms with Crippen LogP contribution in [0.1, 0.15) is 66.7 Å². The van der Waals surface area contributed by atoms with E-state index in [1.54, 1.807) is 12.1 Å². The number of rotatable bonds is 6. The highest BCUT2D eigenvalue weighted by Crippen LogP contribution is 2.33. The Bertz CT molecular complexity index is 691. The molecule has 0 N–H and O–H groups in total. The minimum Gasteiger partial charge on any atom is -0.390 e. The van der Waals surface area contributed by atoms with E-state index in [2.05, 4.69) is 23.5 Å². The molecule has 0 aromatic heterocycles. The molecule has 0 amide bonds. The van der Waals surface area contributed by atoms with E-state index >= 15 is 0 Å². The van der Waals surface area contributed by atoms with E-state index in [0.717, 1.165) is 11.1 Å². The Labute approximate surface area is 147 Å². The Kier molecular flexibility index (Phi) is 6.15. The maximum Gasteiger partial charge on any atom is 0.263 e. The lowest BCUT2D eigenvalue weighted by Crippen LogP contribution is -2.07. The van der Waals surface area contributed by atoms with Gasteiger partial charge in [0.1, 0.15) is 12.8 Å². The predicted octanol–water partition coefficient (Wildman–Crippen LogP) is 6.10. The van der Waals surface area contributed by atoms with Gasteiger partial charge in [0, 0.05) is 11.1 Å². The van der Waals surface area contributed by atoms with Crippen molar-refractivity contribution in [2.45, 2.75) is 51.1 Å². The molecular formula is C21H22F2NO. The molecule has 2 nitrogen and oxygen atoms in total. The van der Waals surface area contributed by atoms with Gasteiger partial charge in [0.2, 0.25) is 0 Å². The van der Waals surface area contributed by atoms with Gasteiger partial charge in [0.25, 0.3) is 6.43 Å². The van der Waals surface area contributed by atoms with Gasteiger partial charge in [0.15, 0.2) is 0 Å². The fourth-order valence-electron chi connectivity index (χ4n) is 3.32. The van der Waals surface area contributed by atoms with Crippen molar-refractivity contribution >= 4 is 6.21 Å². The Morgan fingerprint density at radius 1 is 1.00 bits per heavy atom. The summed E-state index contributed by atoms with van der Waals surface area (Å²) in [6.45, 7) is 0.238. The topological polar surface area (TPSA) is 21.6 Å². The fourth-order valence-corrected chi connectivity index (χ4v) is 3.32. The van der Waals surface area contributed by atoms with Gasteiger partial charge >= 0.3 is 0 Å². The molecule has 2 aromatic carbocycles. The zero-order valence-corrected chi connectivity index (χ0v) is 14.1. The van der Waals surface area contributed by atoms with Crippen molar-refractivity contribution in [2.75, 3.05) is 0 Å². The van der Waals surface area contributed by atoms with Crippen molar-refractivity contribution in [1.82, 2.24) is 0 Å². The first-order valence-corrected chi connectivity index (χ1v) is 8.78. The van der Waals surface area contributed by atoms with Crippen LogP contribution in [0.3, 0.4) is 0 Å². The summed E-state index contributed by atoms with van der Waals surface area (Å²) < 4.78 is 25.0. The lowest BCUT2D eigenvalue weighted by Gasteiger charge is -2.23. The monoisotopic (exact) mass is 342 g/mol. The molecule has 25 heavy (non-hydrogen) atoms. The van der Waals surface area contributed by atoms with Gasteiger partial charge in [0.05, 0.1) is 0 Å². The summed E-state index contributed by atoms with van der Waals surface area (Å²) in [5.74, 6) is 0.578. The highest BCUT2D eigenvalue weighted by atomic mass is 19.3. The third-order valence-corrected chi connectivity index (χ3v) is 4.70. The van der Waals surface area contributed by atoms with Crippen LogP contribution < -0.4 is 0 Å². The number of alkyl halides is 2. The minimum absolute atomic E-state index is 0.0141. The largest absolute Gasteiger partial charge is 0.390 e. The lowest BCUT2D eigenvalue weighted by atomic mass is 9.82. The quantitative estimate of drug-likeness (QED) is 0.459. The molecule has 0 aliphatic heterocycles. The van der Waals surface area contributed by atoms with Crippen LogP contribution >= 0.6 is 0 Å². The first-order valence-electron chi connectivity index (χ1n) is 8.78. The molecule has 0 saturated heterocycles. The SMILES string of the molecule is FC(F)c1ccc(CO/N=[C]\c2ccccc2C2CCCCC2)cc1. The van der Waals surface area contributed by atoms with Gasteiger partial charge in [-0.2, -0.15) is 0 Å². The van der Waals surface area contributed by atoms with Crippen LogP contribution in [0.5, 0.6) is 0 Å². The van der Waals surface area contributed by atoms with Gasteiger partial charge in [-0.05, 0) is 29.9 Å². The van der Waals surface area contributed by atoms with E-state index in [1.165, 1.54) is 49.8 Å². The molecule has 4 heteroatoms. The van der Waals surface area contributed by atoms with Gasteiger partial charge in [-0.15, -0.1) is 0 Å². The van der Waals surface area contributed by atoms with E-state index in [0.29, 0.717) is 5.92 Å². The smallest absolute Gasteiger partial charge is 0.263 e. The first-order chi connectivity index (χ1) is 12.2. The molecule has 0 bridgehead atoms. The maximum absolute atomic E-state index is 12.5. The molecule has 0 spiro atoms. The second-order valence-corrected chi connectivity index (χ2v) is 6.44. The first kappa shape index (κ1) is 17.6. The van der Waals surface area contributed by atoms with Crippen molar-refractivity contribution in [3.8, 4) is 0 Å². The lowest BCUT2D eigenvalue weighted by molar-refractivity contribution is 0.131. The summed E-state index contributed by atoms with van der Waals surface area (Å²) in [6, 6.07) is 14.3. The van der Waals surface area contributed by atoms with Gasteiger partial charge in [-0.3, -0.25) is 0 Å². The Morgan fingerprint density at radius 2 is 1.72 bits per heavy atom. The van der Waals surface area contributed by atoms with E-state index in [9.17, 15) is 8.78 Å². The van der Waals surface area contributed by atoms with Gasteiger partial charge in [-0.25, -0.2) is 8.78 Å². The van der Waals surface area contributed by atoms with Crippen LogP contribution in [0.4, 0.5) is 8.78 Å². The second-order valence-electron chi connectivity index (χ2n) is 6.44. The van der Waals surface area contributed by atoms with Crippen molar-refractivity contribution in [3.63, 3.8) is 0 Å². The fraction of sp³-hybridized carbons (Fsp3) is 0.381. The van der Waals surface area contributed by atoms with Crippen molar-refractivity contribution < 1.29 is 13.6 Å². The third-order valence-electron chi connectivity index (χ3n) is 4.70. The number of hydrogen-bond acceptors (Lipinski definition) is 2. The predicted molar refractivity (Wildman–Crippen MR) is 95.0 cm³/mol.